The quantitative estimate of drug-likeness (QED) is 0.576. The highest BCUT2D eigenvalue weighted by molar-refractivity contribution is 7.54. The van der Waals surface area contributed by atoms with E-state index in [0.29, 0.717) is 18.2 Å². The fraction of sp³-hybridized carbons (Fsp3) is 0.600. The monoisotopic (exact) mass is 381 g/mol. The van der Waals surface area contributed by atoms with E-state index in [-0.39, 0.29) is 24.8 Å². The van der Waals surface area contributed by atoms with Crippen molar-refractivity contribution in [1.82, 2.24) is 9.55 Å². The van der Waals surface area contributed by atoms with Crippen LogP contribution in [0.25, 0.3) is 0 Å². The highest BCUT2D eigenvalue weighted by Crippen LogP contribution is 2.52. The molecule has 0 saturated carbocycles. The Morgan fingerprint density at radius 3 is 2.92 bits per heavy atom. The van der Waals surface area contributed by atoms with Gasteiger partial charge in [0.25, 0.3) is 5.56 Å². The van der Waals surface area contributed by atoms with Gasteiger partial charge in [-0.25, -0.2) is 4.31 Å². The van der Waals surface area contributed by atoms with Crippen LogP contribution in [0.15, 0.2) is 4.79 Å². The molecule has 1 aromatic rings. The molecule has 134 valence electrons. The van der Waals surface area contributed by atoms with Gasteiger partial charge in [0.15, 0.2) is 12.1 Å². The van der Waals surface area contributed by atoms with E-state index in [1.165, 1.54) is 4.57 Å². The maximum Gasteiger partial charge on any atom is 0.339 e. The van der Waals surface area contributed by atoms with Gasteiger partial charge in [-0.3, -0.25) is 13.9 Å². The van der Waals surface area contributed by atoms with Gasteiger partial charge in [-0.15, -0.1) is 0 Å². The smallest absolute Gasteiger partial charge is 0.339 e. The van der Waals surface area contributed by atoms with Crippen LogP contribution >= 0.6 is 17.2 Å². The van der Waals surface area contributed by atoms with E-state index >= 15 is 0 Å². The Balaban J connectivity index is 1.71. The largest absolute Gasteiger partial charge is 0.369 e. The number of anilines is 3. The molecule has 4 N–H and O–H groups in total. The summed E-state index contributed by atoms with van der Waals surface area (Å²) in [5.74, 6) is 0.492. The SMILES string of the molecule is CN1CN(COC2COP(O)OP(O)O2)c2nc(N)n(C)c(=O)c21. The molecule has 24 heavy (non-hydrogen) atoms. The highest BCUT2D eigenvalue weighted by Gasteiger charge is 2.32. The van der Waals surface area contributed by atoms with Crippen molar-refractivity contribution in [2.24, 2.45) is 7.05 Å². The molecule has 0 radical (unpaired) electrons. The summed E-state index contributed by atoms with van der Waals surface area (Å²) in [6.45, 7) is 0.271. The van der Waals surface area contributed by atoms with Gasteiger partial charge in [-0.1, -0.05) is 0 Å². The van der Waals surface area contributed by atoms with Gasteiger partial charge in [0, 0.05) is 14.1 Å². The van der Waals surface area contributed by atoms with E-state index < -0.39 is 23.5 Å². The summed E-state index contributed by atoms with van der Waals surface area (Å²) in [6.07, 6.45) is -0.931. The van der Waals surface area contributed by atoms with Crippen LogP contribution in [-0.2, 0) is 25.1 Å². The van der Waals surface area contributed by atoms with E-state index in [2.05, 4.69) is 9.29 Å². The average molecular weight is 381 g/mol. The summed E-state index contributed by atoms with van der Waals surface area (Å²) in [5.41, 5.74) is 5.90. The lowest BCUT2D eigenvalue weighted by atomic mass is 10.4. The molecule has 2 aliphatic heterocycles. The molecule has 3 atom stereocenters. The Bertz CT molecular complexity index is 676. The lowest BCUT2D eigenvalue weighted by Crippen LogP contribution is -2.34. The first-order chi connectivity index (χ1) is 11.4. The van der Waals surface area contributed by atoms with E-state index in [1.54, 1.807) is 23.9 Å². The minimum absolute atomic E-state index is 0.0114. The number of hydrogen-bond acceptors (Lipinski definition) is 11. The van der Waals surface area contributed by atoms with Crippen molar-refractivity contribution in [2.45, 2.75) is 6.29 Å². The van der Waals surface area contributed by atoms with Crippen LogP contribution in [0, 0.1) is 0 Å². The third-order valence-electron chi connectivity index (χ3n) is 3.43. The number of ether oxygens (including phenoxy) is 1. The maximum atomic E-state index is 12.3. The summed E-state index contributed by atoms with van der Waals surface area (Å²) < 4.78 is 21.4. The summed E-state index contributed by atoms with van der Waals surface area (Å²) in [5, 5.41) is 0. The minimum Gasteiger partial charge on any atom is -0.369 e. The Hall–Kier alpha value is -1.10. The predicted molar refractivity (Wildman–Crippen MR) is 85.8 cm³/mol. The lowest BCUT2D eigenvalue weighted by molar-refractivity contribution is -0.0977. The summed E-state index contributed by atoms with van der Waals surface area (Å²) in [4.78, 5) is 38.6. The Labute approximate surface area is 139 Å². The van der Waals surface area contributed by atoms with Gasteiger partial charge in [-0.2, -0.15) is 4.98 Å². The molecule has 3 rings (SSSR count). The fourth-order valence-corrected chi connectivity index (χ4v) is 3.65. The summed E-state index contributed by atoms with van der Waals surface area (Å²) >= 11 is 0. The van der Waals surface area contributed by atoms with Crippen LogP contribution in [0.5, 0.6) is 0 Å². The van der Waals surface area contributed by atoms with Crippen molar-refractivity contribution in [3.63, 3.8) is 0 Å². The molecule has 1 fully saturated rings. The molecule has 1 aromatic heterocycles. The van der Waals surface area contributed by atoms with E-state index in [0.717, 1.165) is 0 Å². The van der Waals surface area contributed by atoms with Crippen molar-refractivity contribution in [1.29, 1.82) is 0 Å². The standard InChI is InChI=1S/C10H17N5O7P2/c1-13-4-15(8-7(13)9(16)14(2)10(11)12-8)5-19-6-3-20-23(17)22-24(18)21-6/h6,17-18H,3-5H2,1-2H3,(H2,11,12). The van der Waals surface area contributed by atoms with Crippen LogP contribution < -0.4 is 21.1 Å². The number of nitrogens with two attached hydrogens (primary N) is 1. The zero-order valence-electron chi connectivity index (χ0n) is 12.9. The third kappa shape index (κ3) is 3.46. The van der Waals surface area contributed by atoms with Gasteiger partial charge in [0.2, 0.25) is 5.95 Å². The topological polar surface area (TPSA) is 145 Å². The third-order valence-corrected chi connectivity index (χ3v) is 5.33. The molecule has 12 nitrogen and oxygen atoms in total. The molecule has 0 spiro atoms. The van der Waals surface area contributed by atoms with Gasteiger partial charge in [0.1, 0.15) is 19.0 Å². The van der Waals surface area contributed by atoms with Gasteiger partial charge >= 0.3 is 17.2 Å². The maximum absolute atomic E-state index is 12.3. The van der Waals surface area contributed by atoms with Crippen LogP contribution in [0.3, 0.4) is 0 Å². The molecule has 0 amide bonds. The van der Waals surface area contributed by atoms with E-state index in [4.69, 9.17) is 19.5 Å². The zero-order valence-corrected chi connectivity index (χ0v) is 14.7. The van der Waals surface area contributed by atoms with Gasteiger partial charge < -0.3 is 34.6 Å². The minimum atomic E-state index is -2.29. The molecule has 0 aromatic carbocycles. The first kappa shape index (κ1) is 17.7. The molecule has 1 saturated heterocycles. The highest BCUT2D eigenvalue weighted by atomic mass is 31.2. The Morgan fingerprint density at radius 2 is 2.17 bits per heavy atom. The van der Waals surface area contributed by atoms with E-state index in [9.17, 15) is 14.6 Å². The summed E-state index contributed by atoms with van der Waals surface area (Å²) in [6, 6.07) is 0. The molecule has 14 heteroatoms. The van der Waals surface area contributed by atoms with Gasteiger partial charge in [0.05, 0.1) is 6.67 Å². The van der Waals surface area contributed by atoms with Crippen molar-refractivity contribution in [2.75, 3.05) is 42.6 Å². The molecule has 3 unspecified atom stereocenters. The first-order valence-corrected chi connectivity index (χ1v) is 9.03. The molecule has 0 aliphatic carbocycles. The Morgan fingerprint density at radius 1 is 1.42 bits per heavy atom. The number of nitrogens with zero attached hydrogens (tertiary/aromatic N) is 4. The first-order valence-electron chi connectivity index (χ1n) is 6.76. The second kappa shape index (κ2) is 7.03. The van der Waals surface area contributed by atoms with Crippen molar-refractivity contribution in [3.8, 4) is 0 Å². The fourth-order valence-electron chi connectivity index (χ4n) is 2.26. The molecular weight excluding hydrogens is 364 g/mol. The second-order valence-corrected chi connectivity index (χ2v) is 7.14. The number of rotatable bonds is 3. The molecular formula is C10H17N5O7P2. The Kier molecular flexibility index (Phi) is 5.19. The van der Waals surface area contributed by atoms with Crippen LogP contribution in [0.4, 0.5) is 17.5 Å². The second-order valence-electron chi connectivity index (χ2n) is 5.07. The average Bonchev–Trinajstić information content (AvgIpc) is 2.72. The number of hydrogen-bond donors (Lipinski definition) is 3. The van der Waals surface area contributed by atoms with E-state index in [1.807, 2.05) is 0 Å². The lowest BCUT2D eigenvalue weighted by Gasteiger charge is -2.22. The molecule has 2 aliphatic rings. The summed E-state index contributed by atoms with van der Waals surface area (Å²) in [7, 11) is -1.17. The van der Waals surface area contributed by atoms with Crippen LogP contribution in [-0.4, -0.2) is 52.7 Å². The van der Waals surface area contributed by atoms with Crippen LogP contribution in [0.1, 0.15) is 0 Å². The van der Waals surface area contributed by atoms with Crippen molar-refractivity contribution in [3.05, 3.63) is 10.4 Å². The van der Waals surface area contributed by atoms with Crippen molar-refractivity contribution < 1.29 is 27.9 Å². The normalized spacial score (nSPS) is 27.2. The zero-order chi connectivity index (χ0) is 17.4. The molecule has 0 bridgehead atoms. The number of aromatic nitrogens is 2. The van der Waals surface area contributed by atoms with Crippen molar-refractivity contribution >= 4 is 34.7 Å². The van der Waals surface area contributed by atoms with Gasteiger partial charge in [-0.05, 0) is 0 Å². The number of fused-ring (bicyclic) bond motifs is 1. The predicted octanol–water partition coefficient (Wildman–Crippen LogP) is -0.622. The molecule has 3 heterocycles. The number of nitrogen functional groups attached to an aromatic ring is 1. The van der Waals surface area contributed by atoms with Crippen LogP contribution in [0.2, 0.25) is 0 Å².